The Morgan fingerprint density at radius 3 is 1.77 bits per heavy atom. The molecule has 0 fully saturated rings. The first-order valence-corrected chi connectivity index (χ1v) is 8.62. The second-order valence-corrected chi connectivity index (χ2v) is 8.61. The molecule has 0 aliphatic rings. The van der Waals surface area contributed by atoms with E-state index in [1.807, 2.05) is 30.3 Å². The number of aryl methyl sites for hydroxylation is 2. The molecule has 3 aromatic carbocycles. The van der Waals surface area contributed by atoms with Gasteiger partial charge in [0.1, 0.15) is 0 Å². The molecule has 3 rings (SSSR count). The molecule has 3 heteroatoms. The molecule has 0 amide bonds. The number of rotatable bonds is 0. The molecule has 0 nitrogen and oxygen atoms in total. The molecule has 0 bridgehead atoms. The average Bonchev–Trinajstić information content (AvgIpc) is 3.05. The van der Waals surface area contributed by atoms with Crippen LogP contribution in [0.3, 0.4) is 0 Å². The summed E-state index contributed by atoms with van der Waals surface area (Å²) in [6.07, 6.45) is 0. The summed E-state index contributed by atoms with van der Waals surface area (Å²) in [7, 11) is 0. The van der Waals surface area contributed by atoms with Gasteiger partial charge in [-0.2, -0.15) is 30.3 Å². The first-order chi connectivity index (χ1) is 9.52. The summed E-state index contributed by atoms with van der Waals surface area (Å²) in [6.45, 7) is 8.60. The Labute approximate surface area is 161 Å². The summed E-state index contributed by atoms with van der Waals surface area (Å²) < 4.78 is 1.56. The average molecular weight is 500 g/mol. The van der Waals surface area contributed by atoms with Gasteiger partial charge >= 0.3 is 41.0 Å². The van der Waals surface area contributed by atoms with E-state index in [9.17, 15) is 0 Å². The van der Waals surface area contributed by atoms with Gasteiger partial charge in [0.2, 0.25) is 0 Å². The second kappa shape index (κ2) is 13.0. The van der Waals surface area contributed by atoms with E-state index in [4.69, 9.17) is 0 Å². The summed E-state index contributed by atoms with van der Waals surface area (Å²) in [6, 6.07) is 20.8. The van der Waals surface area contributed by atoms with Crippen LogP contribution in [-0.4, -0.2) is 3.26 Å². The standard InChI is InChI=1S/C11H11.C5H5.C3H6.2ClH.Hf/c1-8-6-7-9(2)11-5-3-4-10(8)11;1-2-4-5-3-1;1-3-2;;;/h3-7H,1-2H3;1-5H;1-2H3;2*1H;/q2*-1;;;;+2/p-2. The monoisotopic (exact) mass is 500 g/mol. The van der Waals surface area contributed by atoms with E-state index in [1.165, 1.54) is 45.8 Å². The van der Waals surface area contributed by atoms with Gasteiger partial charge in [0, 0.05) is 0 Å². The molecule has 0 saturated carbocycles. The van der Waals surface area contributed by atoms with Gasteiger partial charge in [-0.1, -0.05) is 18.6 Å². The van der Waals surface area contributed by atoms with Gasteiger partial charge in [-0.15, -0.1) is 28.5 Å². The van der Waals surface area contributed by atoms with Crippen molar-refractivity contribution in [3.63, 3.8) is 0 Å². The second-order valence-electron chi connectivity index (χ2n) is 5.01. The minimum atomic E-state index is 0. The number of halogens is 2. The van der Waals surface area contributed by atoms with Gasteiger partial charge in [0.05, 0.1) is 0 Å². The molecule has 0 spiro atoms. The van der Waals surface area contributed by atoms with Crippen LogP contribution < -0.4 is 24.8 Å². The van der Waals surface area contributed by atoms with Crippen molar-refractivity contribution in [2.24, 2.45) is 0 Å². The summed E-state index contributed by atoms with van der Waals surface area (Å²) in [5.41, 5.74) is 2.74. The fourth-order valence-electron chi connectivity index (χ4n) is 1.86. The summed E-state index contributed by atoms with van der Waals surface area (Å²) in [5.74, 6) is 0. The van der Waals surface area contributed by atoms with Crippen molar-refractivity contribution in [2.75, 3.05) is 0 Å². The van der Waals surface area contributed by atoms with Crippen LogP contribution >= 0.6 is 0 Å². The van der Waals surface area contributed by atoms with Crippen LogP contribution in [0.5, 0.6) is 0 Å². The molecule has 22 heavy (non-hydrogen) atoms. The number of fused-ring (bicyclic) bond motifs is 1. The number of benzene rings is 1. The van der Waals surface area contributed by atoms with Gasteiger partial charge in [0.15, 0.2) is 0 Å². The molecule has 0 radical (unpaired) electrons. The van der Waals surface area contributed by atoms with Gasteiger partial charge in [-0.25, -0.2) is 12.1 Å². The Bertz CT molecular complexity index is 579. The number of hydrogen-bond acceptors (Lipinski definition) is 0. The van der Waals surface area contributed by atoms with Gasteiger partial charge in [-0.3, -0.25) is 0 Å². The van der Waals surface area contributed by atoms with Crippen molar-refractivity contribution < 1.29 is 48.7 Å². The zero-order chi connectivity index (χ0) is 15.0. The van der Waals surface area contributed by atoms with Crippen molar-refractivity contribution in [3.05, 3.63) is 71.8 Å². The Kier molecular flexibility index (Phi) is 14.0. The quantitative estimate of drug-likeness (QED) is 0.285. The van der Waals surface area contributed by atoms with Crippen molar-refractivity contribution in [2.45, 2.75) is 27.7 Å². The molecule has 0 N–H and O–H groups in total. The van der Waals surface area contributed by atoms with Crippen molar-refractivity contribution in [3.8, 4) is 0 Å². The smallest absolute Gasteiger partial charge is 0.0488 e. The fraction of sp³-hybridized carbons (Fsp3) is 0.211. The van der Waals surface area contributed by atoms with Crippen LogP contribution in [-0.2, 0) is 23.9 Å². The van der Waals surface area contributed by atoms with E-state index < -0.39 is 0 Å². The van der Waals surface area contributed by atoms with Crippen LogP contribution in [0.1, 0.15) is 25.0 Å². The van der Waals surface area contributed by atoms with Gasteiger partial charge < -0.3 is 24.8 Å². The maximum absolute atomic E-state index is 2.18. The summed E-state index contributed by atoms with van der Waals surface area (Å²) in [5, 5.41) is 2.79. The van der Waals surface area contributed by atoms with E-state index in [2.05, 4.69) is 58.0 Å². The molecular weight excluding hydrogens is 478 g/mol. The number of hydrogen-bond donors (Lipinski definition) is 0. The van der Waals surface area contributed by atoms with E-state index in [1.54, 1.807) is 3.26 Å². The third-order valence-electron chi connectivity index (χ3n) is 2.80. The molecule has 0 aliphatic heterocycles. The minimum absolute atomic E-state index is 0. The van der Waals surface area contributed by atoms with Crippen molar-refractivity contribution >= 4 is 14.0 Å². The first kappa shape index (κ1) is 23.8. The molecule has 0 heterocycles. The van der Waals surface area contributed by atoms with E-state index >= 15 is 0 Å². The topological polar surface area (TPSA) is 0 Å². The fourth-order valence-corrected chi connectivity index (χ4v) is 1.86. The molecule has 0 aliphatic carbocycles. The molecular formula is C19H22Cl2Hf-2. The Morgan fingerprint density at radius 1 is 0.864 bits per heavy atom. The molecule has 0 atom stereocenters. The maximum Gasteiger partial charge on any atom is -0.0488 e. The third kappa shape index (κ3) is 8.83. The van der Waals surface area contributed by atoms with Gasteiger partial charge in [-0.05, 0) is 6.92 Å². The zero-order valence-corrected chi connectivity index (χ0v) is 18.6. The third-order valence-corrected chi connectivity index (χ3v) is 2.80. The van der Waals surface area contributed by atoms with Crippen LogP contribution in [0.15, 0.2) is 60.7 Å². The van der Waals surface area contributed by atoms with E-state index in [0.29, 0.717) is 0 Å². The normalized spacial score (nSPS) is 8.45. The van der Waals surface area contributed by atoms with Crippen molar-refractivity contribution in [1.29, 1.82) is 0 Å². The molecule has 118 valence electrons. The molecule has 0 aromatic heterocycles. The summed E-state index contributed by atoms with van der Waals surface area (Å²) in [4.78, 5) is 0. The Morgan fingerprint density at radius 2 is 1.36 bits per heavy atom. The van der Waals surface area contributed by atoms with Crippen LogP contribution in [0.4, 0.5) is 0 Å². The van der Waals surface area contributed by atoms with Crippen LogP contribution in [0.25, 0.3) is 10.8 Å². The molecule has 0 saturated heterocycles. The minimum Gasteiger partial charge on any atom is -1.00 e. The SMILES string of the molecule is C[C](C)=[Hf+2].Cc1ccc(C)c2[cH-]ccc12.[Cl-].[Cl-].c1cc[cH-]c1. The maximum atomic E-state index is 2.18. The zero-order valence-electron chi connectivity index (χ0n) is 13.5. The predicted molar refractivity (Wildman–Crippen MR) is 87.4 cm³/mol. The molecule has 3 aromatic rings. The van der Waals surface area contributed by atoms with Gasteiger partial charge in [0.25, 0.3) is 0 Å². The van der Waals surface area contributed by atoms with Crippen LogP contribution in [0, 0.1) is 13.8 Å². The largest absolute Gasteiger partial charge is 1.00 e. The predicted octanol–water partition coefficient (Wildman–Crippen LogP) is -0.666. The Balaban J connectivity index is 0. The first-order valence-electron chi connectivity index (χ1n) is 6.82. The van der Waals surface area contributed by atoms with Crippen molar-refractivity contribution in [1.82, 2.24) is 0 Å². The molecule has 0 unspecified atom stereocenters. The van der Waals surface area contributed by atoms with Crippen LogP contribution in [0.2, 0.25) is 0 Å². The Hall–Kier alpha value is -0.500. The van der Waals surface area contributed by atoms with E-state index in [0.717, 1.165) is 0 Å². The van der Waals surface area contributed by atoms with E-state index in [-0.39, 0.29) is 24.8 Å². The summed E-state index contributed by atoms with van der Waals surface area (Å²) >= 11 is 1.27.